The van der Waals surface area contributed by atoms with Crippen molar-refractivity contribution in [2.45, 2.75) is 93.8 Å². The first-order valence-electron chi connectivity index (χ1n) is 19.1. The van der Waals surface area contributed by atoms with Gasteiger partial charge in [-0.1, -0.05) is 30.7 Å². The van der Waals surface area contributed by atoms with E-state index in [9.17, 15) is 18.0 Å². The molecule has 53 heavy (non-hydrogen) atoms. The Morgan fingerprint density at radius 3 is 2.60 bits per heavy atom. The lowest BCUT2D eigenvalue weighted by Crippen LogP contribution is -2.56. The number of likely N-dealkylation sites (N-methyl/N-ethyl adjacent to an activating group) is 1. The standard InChI is InChI=1S/C40H53ClN4O7S/c1-5-45-19-7-9-35(52-38(47)43-20-16-30(50-4)17-21-43)32-13-10-28(32)24-44-25-40(18-6-8-27-22-29(41)11-14-33(27)40)26-51-36-15-12-31(23-34(36)44)53(48,49)42-37(46)39(45,2)3/h7,9,11-12,14-15,22-23,28,30,32,35H,5-6,8,10,13,16-21,24-26H2,1-4H3,(H,42,46)/b9-7+/t28-,32+,35-,40-/m0/s1. The molecule has 1 N–H and O–H groups in total. The largest absolute Gasteiger partial charge is 0.490 e. The summed E-state index contributed by atoms with van der Waals surface area (Å²) >= 11 is 6.47. The van der Waals surface area contributed by atoms with E-state index >= 15 is 0 Å². The maximum atomic E-state index is 13.9. The van der Waals surface area contributed by atoms with Crippen LogP contribution in [0, 0.1) is 11.8 Å². The van der Waals surface area contributed by atoms with Crippen LogP contribution in [0.5, 0.6) is 5.75 Å². The molecule has 2 aliphatic carbocycles. The summed E-state index contributed by atoms with van der Waals surface area (Å²) in [5, 5.41) is 0.708. The predicted octanol–water partition coefficient (Wildman–Crippen LogP) is 5.93. The molecule has 0 radical (unpaired) electrons. The van der Waals surface area contributed by atoms with Crippen LogP contribution in [0.25, 0.3) is 0 Å². The van der Waals surface area contributed by atoms with Crippen LogP contribution in [0.1, 0.15) is 70.4 Å². The number of nitrogens with zero attached hydrogens (tertiary/aromatic N) is 3. The third-order valence-corrected chi connectivity index (χ3v) is 14.1. The first-order valence-corrected chi connectivity index (χ1v) is 21.0. The smallest absolute Gasteiger partial charge is 0.410 e. The Kier molecular flexibility index (Phi) is 10.8. The monoisotopic (exact) mass is 768 g/mol. The van der Waals surface area contributed by atoms with Crippen LogP contribution in [0.4, 0.5) is 10.5 Å². The van der Waals surface area contributed by atoms with Crippen LogP contribution >= 0.6 is 11.6 Å². The van der Waals surface area contributed by atoms with E-state index in [1.165, 1.54) is 17.2 Å². The molecule has 13 heteroatoms. The fourth-order valence-electron chi connectivity index (χ4n) is 9.06. The van der Waals surface area contributed by atoms with Gasteiger partial charge in [0, 0.05) is 56.2 Å². The Labute approximate surface area is 319 Å². The molecule has 7 rings (SSSR count). The maximum Gasteiger partial charge on any atom is 0.410 e. The number of methoxy groups -OCH3 is 1. The number of likely N-dealkylation sites (tertiary alicyclic amines) is 1. The van der Waals surface area contributed by atoms with Crippen LogP contribution in [-0.2, 0) is 36.1 Å². The summed E-state index contributed by atoms with van der Waals surface area (Å²) in [6, 6.07) is 11.0. The van der Waals surface area contributed by atoms with Crippen molar-refractivity contribution in [3.8, 4) is 5.75 Å². The number of benzene rings is 2. The van der Waals surface area contributed by atoms with Gasteiger partial charge in [0.05, 0.1) is 28.8 Å². The van der Waals surface area contributed by atoms with E-state index in [0.29, 0.717) is 62.3 Å². The third kappa shape index (κ3) is 7.53. The molecule has 0 aromatic heterocycles. The molecule has 3 aliphatic heterocycles. The van der Waals surface area contributed by atoms with Crippen molar-refractivity contribution in [1.82, 2.24) is 14.5 Å². The van der Waals surface area contributed by atoms with Gasteiger partial charge in [-0.3, -0.25) is 9.69 Å². The zero-order valence-corrected chi connectivity index (χ0v) is 32.9. The zero-order valence-electron chi connectivity index (χ0n) is 31.3. The molecule has 11 nitrogen and oxygen atoms in total. The van der Waals surface area contributed by atoms with Crippen molar-refractivity contribution in [3.63, 3.8) is 0 Å². The zero-order chi connectivity index (χ0) is 37.5. The number of amides is 2. The highest BCUT2D eigenvalue weighted by Crippen LogP contribution is 2.47. The molecule has 1 spiro atoms. The minimum Gasteiger partial charge on any atom is -0.490 e. The van der Waals surface area contributed by atoms with E-state index in [1.807, 2.05) is 30.0 Å². The molecule has 1 saturated heterocycles. The van der Waals surface area contributed by atoms with Crippen LogP contribution in [-0.4, -0.2) is 101 Å². The number of ether oxygens (including phenoxy) is 3. The molecule has 4 atom stereocenters. The molecule has 2 fully saturated rings. The van der Waals surface area contributed by atoms with Gasteiger partial charge >= 0.3 is 6.09 Å². The van der Waals surface area contributed by atoms with Gasteiger partial charge in [0.25, 0.3) is 15.9 Å². The number of rotatable bonds is 3. The quantitative estimate of drug-likeness (QED) is 0.380. The highest BCUT2D eigenvalue weighted by molar-refractivity contribution is 7.90. The molecule has 2 aromatic carbocycles. The van der Waals surface area contributed by atoms with Gasteiger partial charge in [0.15, 0.2) is 0 Å². The second kappa shape index (κ2) is 15.1. The average molecular weight is 769 g/mol. The molecule has 2 aromatic rings. The fraction of sp³-hybridized carbons (Fsp3) is 0.600. The van der Waals surface area contributed by atoms with Crippen LogP contribution < -0.4 is 14.4 Å². The molecule has 0 unspecified atom stereocenters. The maximum absolute atomic E-state index is 13.9. The van der Waals surface area contributed by atoms with Crippen molar-refractivity contribution in [2.24, 2.45) is 11.8 Å². The summed E-state index contributed by atoms with van der Waals surface area (Å²) in [6.07, 6.45) is 9.50. The number of hydrogen-bond donors (Lipinski definition) is 1. The lowest BCUT2D eigenvalue weighted by atomic mass is 9.68. The number of piperidine rings is 1. The first-order chi connectivity index (χ1) is 25.3. The summed E-state index contributed by atoms with van der Waals surface area (Å²) in [4.78, 5) is 33.4. The number of sulfonamides is 1. The fourth-order valence-corrected chi connectivity index (χ4v) is 10.4. The highest BCUT2D eigenvalue weighted by Gasteiger charge is 2.46. The number of carbonyl (C=O) groups excluding carboxylic acids is 2. The molecular formula is C40H53ClN4O7S. The number of nitrogens with one attached hydrogen (secondary N) is 1. The normalized spacial score (nSPS) is 29.5. The first kappa shape index (κ1) is 38.0. The summed E-state index contributed by atoms with van der Waals surface area (Å²) in [7, 11) is -2.51. The van der Waals surface area contributed by atoms with Crippen molar-refractivity contribution < 1.29 is 32.2 Å². The van der Waals surface area contributed by atoms with E-state index in [-0.39, 0.29) is 34.3 Å². The molecule has 5 aliphatic rings. The minimum absolute atomic E-state index is 0.00465. The molecule has 3 heterocycles. The SMILES string of the molecule is CCN1C/C=C/[C@H](OC(=O)N2CCC(OC)CC2)[C@@H]2CC[C@H]2CN2C[C@@]3(CCCc4cc(Cl)ccc43)COc3ccc(cc32)S(=O)(=O)NC(=O)C1(C)C. The van der Waals surface area contributed by atoms with Gasteiger partial charge in [-0.15, -0.1) is 0 Å². The molecular weight excluding hydrogens is 716 g/mol. The lowest BCUT2D eigenvalue weighted by molar-refractivity contribution is -0.129. The van der Waals surface area contributed by atoms with E-state index in [4.69, 9.17) is 25.8 Å². The molecule has 2 amide bonds. The van der Waals surface area contributed by atoms with Gasteiger partial charge in [-0.25, -0.2) is 17.9 Å². The van der Waals surface area contributed by atoms with Gasteiger partial charge < -0.3 is 24.0 Å². The van der Waals surface area contributed by atoms with Gasteiger partial charge in [-0.2, -0.15) is 0 Å². The van der Waals surface area contributed by atoms with Crippen LogP contribution in [0.3, 0.4) is 0 Å². The van der Waals surface area contributed by atoms with Crippen molar-refractivity contribution in [1.29, 1.82) is 0 Å². The average Bonchev–Trinajstić information content (AvgIpc) is 3.27. The number of carbonyl (C=O) groups is 2. The highest BCUT2D eigenvalue weighted by atomic mass is 35.5. The molecule has 1 saturated carbocycles. The van der Waals surface area contributed by atoms with Crippen LogP contribution in [0.2, 0.25) is 5.02 Å². The van der Waals surface area contributed by atoms with Crippen molar-refractivity contribution in [2.75, 3.05) is 57.9 Å². The summed E-state index contributed by atoms with van der Waals surface area (Å²) in [5.74, 6) is 0.198. The third-order valence-electron chi connectivity index (χ3n) is 12.5. The number of fused-ring (bicyclic) bond motifs is 4. The Morgan fingerprint density at radius 1 is 1.09 bits per heavy atom. The van der Waals surface area contributed by atoms with Gasteiger partial charge in [0.2, 0.25) is 0 Å². The lowest BCUT2D eigenvalue weighted by Gasteiger charge is -2.46. The molecule has 2 bridgehead atoms. The second-order valence-electron chi connectivity index (χ2n) is 16.0. The van der Waals surface area contributed by atoms with Gasteiger partial charge in [0.1, 0.15) is 11.9 Å². The second-order valence-corrected chi connectivity index (χ2v) is 18.1. The van der Waals surface area contributed by atoms with E-state index < -0.39 is 27.6 Å². The minimum atomic E-state index is -4.22. The Morgan fingerprint density at radius 2 is 1.89 bits per heavy atom. The topological polar surface area (TPSA) is 118 Å². The number of anilines is 1. The van der Waals surface area contributed by atoms with Gasteiger partial charge in [-0.05, 0) is 119 Å². The van der Waals surface area contributed by atoms with E-state index in [2.05, 4.69) is 21.8 Å². The predicted molar refractivity (Wildman–Crippen MR) is 204 cm³/mol. The summed E-state index contributed by atoms with van der Waals surface area (Å²) in [5.41, 5.74) is 1.60. The molecule has 288 valence electrons. The van der Waals surface area contributed by atoms with E-state index in [1.54, 1.807) is 38.0 Å². The van der Waals surface area contributed by atoms with Crippen LogP contribution in [0.15, 0.2) is 53.4 Å². The van der Waals surface area contributed by atoms with Crippen molar-refractivity contribution >= 4 is 39.3 Å². The Bertz CT molecular complexity index is 1850. The Balaban J connectivity index is 1.27. The van der Waals surface area contributed by atoms with Crippen molar-refractivity contribution in [3.05, 3.63) is 64.7 Å². The number of halogens is 1. The summed E-state index contributed by atoms with van der Waals surface area (Å²) in [6.45, 7) is 9.09. The summed E-state index contributed by atoms with van der Waals surface area (Å²) < 4.78 is 48.7. The Hall–Kier alpha value is -3.32. The van der Waals surface area contributed by atoms with E-state index in [0.717, 1.165) is 44.9 Å². The number of aryl methyl sites for hydroxylation is 1. The number of hydrogen-bond acceptors (Lipinski definition) is 9.